The molecule has 1 unspecified atom stereocenters. The first-order chi connectivity index (χ1) is 13.9. The van der Waals surface area contributed by atoms with Crippen LogP contribution in [0.1, 0.15) is 35.7 Å². The van der Waals surface area contributed by atoms with Crippen molar-refractivity contribution >= 4 is 23.5 Å². The second kappa shape index (κ2) is 9.09. The Morgan fingerprint density at radius 1 is 1.21 bits per heavy atom. The van der Waals surface area contributed by atoms with Crippen molar-refractivity contribution in [2.24, 2.45) is 0 Å². The minimum Gasteiger partial charge on any atom is -0.494 e. The van der Waals surface area contributed by atoms with E-state index in [9.17, 15) is 14.4 Å². The molecule has 1 heterocycles. The van der Waals surface area contributed by atoms with Crippen molar-refractivity contribution in [1.82, 2.24) is 5.32 Å². The summed E-state index contributed by atoms with van der Waals surface area (Å²) in [6, 6.07) is 12.2. The summed E-state index contributed by atoms with van der Waals surface area (Å²) >= 11 is 0. The van der Waals surface area contributed by atoms with Gasteiger partial charge in [0.25, 0.3) is 11.8 Å². The number of anilines is 1. The van der Waals surface area contributed by atoms with Gasteiger partial charge in [0.1, 0.15) is 5.75 Å². The highest BCUT2D eigenvalue weighted by atomic mass is 16.5. The van der Waals surface area contributed by atoms with E-state index in [0.29, 0.717) is 42.3 Å². The van der Waals surface area contributed by atoms with E-state index in [1.807, 2.05) is 12.1 Å². The highest BCUT2D eigenvalue weighted by molar-refractivity contribution is 6.03. The zero-order valence-electron chi connectivity index (χ0n) is 15.9. The summed E-state index contributed by atoms with van der Waals surface area (Å²) in [6.07, 6.45) is -0.158. The molecule has 0 saturated carbocycles. The molecule has 152 valence electrons. The van der Waals surface area contributed by atoms with Gasteiger partial charge in [-0.15, -0.1) is 0 Å². The predicted octanol–water partition coefficient (Wildman–Crippen LogP) is 2.58. The zero-order valence-corrected chi connectivity index (χ0v) is 15.9. The van der Waals surface area contributed by atoms with Gasteiger partial charge in [0, 0.05) is 13.0 Å². The van der Waals surface area contributed by atoms with Gasteiger partial charge >= 0.3 is 5.97 Å². The van der Waals surface area contributed by atoms with Crippen molar-refractivity contribution in [3.63, 3.8) is 0 Å². The molecule has 3 rings (SSSR count). The van der Waals surface area contributed by atoms with Gasteiger partial charge in [-0.3, -0.25) is 14.4 Å². The maximum Gasteiger partial charge on any atom is 0.303 e. The monoisotopic (exact) mass is 398 g/mol. The average Bonchev–Trinajstić information content (AvgIpc) is 2.70. The number of para-hydroxylation sites is 1. The molecule has 0 fully saturated rings. The number of hydrogen-bond donors (Lipinski definition) is 3. The molecule has 0 bridgehead atoms. The third-order valence-electron chi connectivity index (χ3n) is 4.36. The van der Waals surface area contributed by atoms with Crippen LogP contribution >= 0.6 is 0 Å². The molecule has 0 aromatic heterocycles. The largest absolute Gasteiger partial charge is 0.494 e. The molecule has 8 nitrogen and oxygen atoms in total. The Morgan fingerprint density at radius 3 is 2.69 bits per heavy atom. The molecule has 1 aliphatic rings. The molecule has 2 amide bonds. The first-order valence-corrected chi connectivity index (χ1v) is 9.26. The van der Waals surface area contributed by atoms with E-state index in [1.54, 1.807) is 37.3 Å². The third kappa shape index (κ3) is 5.25. The zero-order chi connectivity index (χ0) is 20.8. The van der Waals surface area contributed by atoms with Gasteiger partial charge in [-0.25, -0.2) is 0 Å². The maximum absolute atomic E-state index is 12.6. The summed E-state index contributed by atoms with van der Waals surface area (Å²) < 4.78 is 11.1. The quantitative estimate of drug-likeness (QED) is 0.589. The topological polar surface area (TPSA) is 114 Å². The number of amides is 2. The lowest BCUT2D eigenvalue weighted by atomic mass is 10.1. The Kier molecular flexibility index (Phi) is 6.33. The molecule has 0 spiro atoms. The van der Waals surface area contributed by atoms with Gasteiger partial charge in [0.05, 0.1) is 17.9 Å². The Morgan fingerprint density at radius 2 is 1.97 bits per heavy atom. The maximum atomic E-state index is 12.6. The fraction of sp³-hybridized carbons (Fsp3) is 0.286. The fourth-order valence-electron chi connectivity index (χ4n) is 2.80. The number of ether oxygens (including phenoxy) is 2. The number of carboxylic acids is 1. The molecular weight excluding hydrogens is 376 g/mol. The van der Waals surface area contributed by atoms with Crippen LogP contribution in [-0.2, 0) is 16.1 Å². The lowest BCUT2D eigenvalue weighted by Gasteiger charge is -2.25. The molecular formula is C21H22N2O6. The van der Waals surface area contributed by atoms with E-state index >= 15 is 0 Å². The number of hydrogen-bond acceptors (Lipinski definition) is 5. The Balaban J connectivity index is 1.55. The van der Waals surface area contributed by atoms with Gasteiger partial charge in [-0.1, -0.05) is 18.2 Å². The lowest BCUT2D eigenvalue weighted by molar-refractivity contribution is -0.137. The number of carbonyl (C=O) groups excluding carboxylic acids is 2. The first kappa shape index (κ1) is 20.2. The van der Waals surface area contributed by atoms with Crippen LogP contribution in [0.5, 0.6) is 11.5 Å². The van der Waals surface area contributed by atoms with E-state index in [0.717, 1.165) is 5.56 Å². The third-order valence-corrected chi connectivity index (χ3v) is 4.36. The number of fused-ring (bicyclic) bond motifs is 1. The van der Waals surface area contributed by atoms with Crippen LogP contribution in [0, 0.1) is 0 Å². The van der Waals surface area contributed by atoms with Gasteiger partial charge in [0.2, 0.25) is 0 Å². The minimum atomic E-state index is -0.846. The molecule has 8 heteroatoms. The molecule has 29 heavy (non-hydrogen) atoms. The average molecular weight is 398 g/mol. The predicted molar refractivity (Wildman–Crippen MR) is 105 cm³/mol. The van der Waals surface area contributed by atoms with Crippen LogP contribution in [0.3, 0.4) is 0 Å². The van der Waals surface area contributed by atoms with Crippen molar-refractivity contribution in [3.8, 4) is 11.5 Å². The molecule has 1 aliphatic heterocycles. The molecule has 0 saturated heterocycles. The van der Waals surface area contributed by atoms with E-state index in [4.69, 9.17) is 14.6 Å². The SMILES string of the molecule is CC1Oc2c(cccc2C(=O)NCc2ccc(OCCCC(=O)O)cc2)NC1=O. The smallest absolute Gasteiger partial charge is 0.303 e. The van der Waals surface area contributed by atoms with E-state index in [-0.39, 0.29) is 18.2 Å². The van der Waals surface area contributed by atoms with Crippen LogP contribution in [0.4, 0.5) is 5.69 Å². The fourth-order valence-corrected chi connectivity index (χ4v) is 2.80. The van der Waals surface area contributed by atoms with Crippen molar-refractivity contribution in [1.29, 1.82) is 0 Å². The highest BCUT2D eigenvalue weighted by Crippen LogP contribution is 2.33. The Labute approximate surface area is 167 Å². The normalized spacial score (nSPS) is 14.9. The molecule has 0 aliphatic carbocycles. The Hall–Kier alpha value is -3.55. The van der Waals surface area contributed by atoms with E-state index in [2.05, 4.69) is 10.6 Å². The molecule has 0 radical (unpaired) electrons. The van der Waals surface area contributed by atoms with E-state index < -0.39 is 12.1 Å². The van der Waals surface area contributed by atoms with Crippen molar-refractivity contribution in [2.75, 3.05) is 11.9 Å². The van der Waals surface area contributed by atoms with Crippen LogP contribution in [0.2, 0.25) is 0 Å². The standard InChI is InChI=1S/C21H22N2O6/c1-13-20(26)23-17-5-2-4-16(19(17)29-13)21(27)22-12-14-7-9-15(10-8-14)28-11-3-6-18(24)25/h2,4-5,7-10,13H,3,6,11-12H2,1H3,(H,22,27)(H,23,26)(H,24,25). The van der Waals surface area contributed by atoms with Crippen molar-refractivity contribution < 1.29 is 29.0 Å². The minimum absolute atomic E-state index is 0.0689. The number of benzene rings is 2. The molecule has 2 aromatic rings. The first-order valence-electron chi connectivity index (χ1n) is 9.26. The summed E-state index contributed by atoms with van der Waals surface area (Å²) in [6.45, 7) is 2.26. The van der Waals surface area contributed by atoms with Gasteiger partial charge in [-0.05, 0) is 43.2 Å². The Bertz CT molecular complexity index is 910. The van der Waals surface area contributed by atoms with Gasteiger partial charge in [0.15, 0.2) is 11.9 Å². The van der Waals surface area contributed by atoms with Gasteiger partial charge in [-0.2, -0.15) is 0 Å². The van der Waals surface area contributed by atoms with Crippen molar-refractivity contribution in [3.05, 3.63) is 53.6 Å². The summed E-state index contributed by atoms with van der Waals surface area (Å²) in [4.78, 5) is 34.8. The number of nitrogens with one attached hydrogen (secondary N) is 2. The summed E-state index contributed by atoms with van der Waals surface area (Å²) in [5.74, 6) is -0.399. The highest BCUT2D eigenvalue weighted by Gasteiger charge is 2.27. The summed E-state index contributed by atoms with van der Waals surface area (Å²) in [5, 5.41) is 14.2. The van der Waals surface area contributed by atoms with Gasteiger partial charge < -0.3 is 25.2 Å². The summed E-state index contributed by atoms with van der Waals surface area (Å²) in [5.41, 5.74) is 1.71. The molecule has 2 aromatic carbocycles. The number of aliphatic carboxylic acids is 1. The van der Waals surface area contributed by atoms with Crippen LogP contribution in [-0.4, -0.2) is 35.6 Å². The second-order valence-electron chi connectivity index (χ2n) is 6.60. The molecule has 1 atom stereocenters. The van der Waals surface area contributed by atoms with Crippen LogP contribution < -0.4 is 20.1 Å². The van der Waals surface area contributed by atoms with E-state index in [1.165, 1.54) is 0 Å². The van der Waals surface area contributed by atoms with Crippen molar-refractivity contribution in [2.45, 2.75) is 32.4 Å². The molecule has 3 N–H and O–H groups in total. The summed E-state index contributed by atoms with van der Waals surface area (Å²) in [7, 11) is 0. The van der Waals surface area contributed by atoms with Crippen LogP contribution in [0.15, 0.2) is 42.5 Å². The second-order valence-corrected chi connectivity index (χ2v) is 6.60. The number of rotatable bonds is 8. The number of carboxylic acid groups (broad SMARTS) is 1. The van der Waals surface area contributed by atoms with Crippen LogP contribution in [0.25, 0.3) is 0 Å². The number of carbonyl (C=O) groups is 3. The lowest BCUT2D eigenvalue weighted by Crippen LogP contribution is -2.35.